The van der Waals surface area contributed by atoms with Crippen LogP contribution in [0.3, 0.4) is 0 Å². The van der Waals surface area contributed by atoms with Crippen LogP contribution >= 0.6 is 0 Å². The summed E-state index contributed by atoms with van der Waals surface area (Å²) in [4.78, 5) is 2.50. The van der Waals surface area contributed by atoms with Crippen LogP contribution in [-0.4, -0.2) is 8.97 Å². The fourth-order valence-corrected chi connectivity index (χ4v) is 10.1. The molecule has 0 bridgehead atoms. The zero-order valence-electron chi connectivity index (χ0n) is 30.9. The molecule has 0 N–H and O–H groups in total. The lowest BCUT2D eigenvalue weighted by atomic mass is 9.94. The molecule has 0 atom stereocenters. The van der Waals surface area contributed by atoms with E-state index < -0.39 is 0 Å². The Morgan fingerprint density at radius 1 is 0.298 bits per heavy atom. The van der Waals surface area contributed by atoms with Gasteiger partial charge in [0.1, 0.15) is 0 Å². The summed E-state index contributed by atoms with van der Waals surface area (Å²) >= 11 is 0. The Labute approximate surface area is 327 Å². The van der Waals surface area contributed by atoms with Crippen molar-refractivity contribution in [2.45, 2.75) is 0 Å². The molecule has 3 nitrogen and oxygen atoms in total. The lowest BCUT2D eigenvalue weighted by Gasteiger charge is -2.27. The first-order valence-corrected chi connectivity index (χ1v) is 19.7. The van der Waals surface area contributed by atoms with Crippen LogP contribution in [0.15, 0.2) is 200 Å². The Bertz CT molecular complexity index is 3720. The van der Waals surface area contributed by atoms with Crippen molar-refractivity contribution in [1.29, 1.82) is 0 Å². The molecule has 264 valence electrons. The van der Waals surface area contributed by atoms with Crippen molar-refractivity contribution in [2.75, 3.05) is 4.90 Å². The Morgan fingerprint density at radius 2 is 0.789 bits per heavy atom. The van der Waals surface area contributed by atoms with Crippen molar-refractivity contribution in [2.24, 2.45) is 0 Å². The highest BCUT2D eigenvalue weighted by molar-refractivity contribution is 6.28. The molecule has 0 saturated heterocycles. The molecule has 0 saturated carbocycles. The van der Waals surface area contributed by atoms with Crippen molar-refractivity contribution in [3.8, 4) is 5.69 Å². The third-order valence-corrected chi connectivity index (χ3v) is 12.4. The van der Waals surface area contributed by atoms with Crippen LogP contribution in [0.5, 0.6) is 0 Å². The third-order valence-electron chi connectivity index (χ3n) is 12.4. The third kappa shape index (κ3) is 4.15. The van der Waals surface area contributed by atoms with Gasteiger partial charge in [0.05, 0.1) is 33.3 Å². The van der Waals surface area contributed by atoms with E-state index in [4.69, 9.17) is 0 Å². The molecule has 0 aliphatic heterocycles. The van der Waals surface area contributed by atoms with Crippen LogP contribution in [-0.2, 0) is 0 Å². The Kier molecular flexibility index (Phi) is 6.16. The summed E-state index contributed by atoms with van der Waals surface area (Å²) in [5, 5.41) is 15.2. The number of rotatable bonds is 4. The SMILES string of the molecule is c1ccc(-n2c3ccccc3c3cc(N(c4ccc5c6ccccc6c6ccccc6c5c4)c4cccc5c4c4cccc6c7ccccc7n5c64)ccc32)cc1. The van der Waals surface area contributed by atoms with Gasteiger partial charge in [-0.2, -0.15) is 0 Å². The average molecular weight is 724 g/mol. The lowest BCUT2D eigenvalue weighted by Crippen LogP contribution is -2.10. The predicted molar refractivity (Wildman–Crippen MR) is 243 cm³/mol. The summed E-state index contributed by atoms with van der Waals surface area (Å²) in [5.41, 5.74) is 10.7. The van der Waals surface area contributed by atoms with E-state index in [1.807, 2.05) is 0 Å². The second-order valence-corrected chi connectivity index (χ2v) is 15.3. The standard InChI is InChI=1S/C54H33N3/c1-2-14-34(15-3-1)56-48-24-10-9-21-43(48)47-33-36(29-31-50(47)56)55(35-28-30-41-39-18-5-4-16-37(39)38-17-6-7-19-40(38)46(41)32-35)51-26-13-27-52-53(51)45-23-12-22-44-42-20-8-11-25-49(42)57(52)54(44)45/h1-33H. The second-order valence-electron chi connectivity index (χ2n) is 15.3. The predicted octanol–water partition coefficient (Wildman–Crippen LogP) is 14.9. The van der Waals surface area contributed by atoms with E-state index in [0.717, 1.165) is 22.7 Å². The average Bonchev–Trinajstić information content (AvgIpc) is 3.93. The molecular weight excluding hydrogens is 691 g/mol. The summed E-state index contributed by atoms with van der Waals surface area (Å²) in [6.45, 7) is 0. The van der Waals surface area contributed by atoms with Gasteiger partial charge < -0.3 is 13.9 Å². The summed E-state index contributed by atoms with van der Waals surface area (Å²) in [6.07, 6.45) is 0. The first kappa shape index (κ1) is 30.7. The van der Waals surface area contributed by atoms with Gasteiger partial charge in [0, 0.05) is 49.4 Å². The quantitative estimate of drug-likeness (QED) is 0.165. The van der Waals surface area contributed by atoms with Crippen LogP contribution < -0.4 is 4.90 Å². The summed E-state index contributed by atoms with van der Waals surface area (Å²) in [5.74, 6) is 0. The number of hydrogen-bond acceptors (Lipinski definition) is 1. The van der Waals surface area contributed by atoms with Crippen LogP contribution in [0.25, 0.3) is 97.9 Å². The number of hydrogen-bond donors (Lipinski definition) is 0. The van der Waals surface area contributed by atoms with Crippen LogP contribution in [0.2, 0.25) is 0 Å². The fraction of sp³-hybridized carbons (Fsp3) is 0. The van der Waals surface area contributed by atoms with Gasteiger partial charge in [-0.3, -0.25) is 0 Å². The van der Waals surface area contributed by atoms with E-state index >= 15 is 0 Å². The van der Waals surface area contributed by atoms with Gasteiger partial charge in [-0.1, -0.05) is 133 Å². The zero-order chi connectivity index (χ0) is 37.2. The highest BCUT2D eigenvalue weighted by Crippen LogP contribution is 2.48. The number of nitrogens with zero attached hydrogens (tertiary/aromatic N) is 3. The summed E-state index contributed by atoms with van der Waals surface area (Å²) in [6, 6.07) is 73.8. The van der Waals surface area contributed by atoms with Crippen molar-refractivity contribution < 1.29 is 0 Å². The van der Waals surface area contributed by atoms with E-state index in [9.17, 15) is 0 Å². The van der Waals surface area contributed by atoms with Gasteiger partial charge in [-0.15, -0.1) is 0 Å². The van der Waals surface area contributed by atoms with E-state index in [1.165, 1.54) is 92.2 Å². The minimum absolute atomic E-state index is 1.12. The maximum atomic E-state index is 2.50. The highest BCUT2D eigenvalue weighted by atomic mass is 15.1. The Morgan fingerprint density at radius 3 is 1.53 bits per heavy atom. The number of fused-ring (bicyclic) bond motifs is 15. The van der Waals surface area contributed by atoms with Crippen LogP contribution in [0, 0.1) is 0 Å². The first-order chi connectivity index (χ1) is 28.3. The van der Waals surface area contributed by atoms with Gasteiger partial charge in [-0.25, -0.2) is 0 Å². The van der Waals surface area contributed by atoms with Gasteiger partial charge in [-0.05, 0) is 99.0 Å². The maximum absolute atomic E-state index is 2.50. The molecule has 13 aromatic rings. The first-order valence-electron chi connectivity index (χ1n) is 19.7. The summed E-state index contributed by atoms with van der Waals surface area (Å²) in [7, 11) is 0. The van der Waals surface area contributed by atoms with Crippen molar-refractivity contribution in [3.63, 3.8) is 0 Å². The van der Waals surface area contributed by atoms with E-state index in [1.54, 1.807) is 0 Å². The maximum Gasteiger partial charge on any atom is 0.0621 e. The minimum Gasteiger partial charge on any atom is -0.310 e. The van der Waals surface area contributed by atoms with Gasteiger partial charge in [0.2, 0.25) is 0 Å². The van der Waals surface area contributed by atoms with E-state index in [2.05, 4.69) is 214 Å². The van der Waals surface area contributed by atoms with Crippen molar-refractivity contribution in [3.05, 3.63) is 200 Å². The molecule has 3 aromatic heterocycles. The Balaban J connectivity index is 1.15. The smallest absolute Gasteiger partial charge is 0.0621 e. The Hall–Kier alpha value is -7.62. The fourth-order valence-electron chi connectivity index (χ4n) is 10.1. The zero-order valence-corrected chi connectivity index (χ0v) is 30.9. The molecular formula is C54H33N3. The van der Waals surface area contributed by atoms with Crippen molar-refractivity contribution >= 4 is 109 Å². The molecule has 13 rings (SSSR count). The highest BCUT2D eigenvalue weighted by Gasteiger charge is 2.24. The van der Waals surface area contributed by atoms with Gasteiger partial charge >= 0.3 is 0 Å². The van der Waals surface area contributed by atoms with Gasteiger partial charge in [0.15, 0.2) is 0 Å². The lowest BCUT2D eigenvalue weighted by molar-refractivity contribution is 1.18. The minimum atomic E-state index is 1.12. The molecule has 0 aliphatic rings. The molecule has 0 unspecified atom stereocenters. The topological polar surface area (TPSA) is 12.6 Å². The number of aromatic nitrogens is 2. The molecule has 3 heterocycles. The van der Waals surface area contributed by atoms with E-state index in [-0.39, 0.29) is 0 Å². The number of para-hydroxylation sites is 4. The second kappa shape index (κ2) is 11.5. The molecule has 57 heavy (non-hydrogen) atoms. The molecule has 0 radical (unpaired) electrons. The van der Waals surface area contributed by atoms with Crippen LogP contribution in [0.4, 0.5) is 17.1 Å². The summed E-state index contributed by atoms with van der Waals surface area (Å²) < 4.78 is 4.87. The number of benzene rings is 10. The van der Waals surface area contributed by atoms with Crippen LogP contribution in [0.1, 0.15) is 0 Å². The normalized spacial score (nSPS) is 12.2. The largest absolute Gasteiger partial charge is 0.310 e. The molecule has 0 fully saturated rings. The van der Waals surface area contributed by atoms with Crippen molar-refractivity contribution in [1.82, 2.24) is 8.97 Å². The monoisotopic (exact) mass is 723 g/mol. The molecule has 10 aromatic carbocycles. The number of anilines is 3. The molecule has 0 spiro atoms. The molecule has 0 aliphatic carbocycles. The van der Waals surface area contributed by atoms with E-state index in [0.29, 0.717) is 0 Å². The van der Waals surface area contributed by atoms with Gasteiger partial charge in [0.25, 0.3) is 0 Å². The molecule has 0 amide bonds. The molecule has 3 heteroatoms.